The van der Waals surface area contributed by atoms with Crippen LogP contribution in [0.1, 0.15) is 29.7 Å². The normalized spacial score (nSPS) is 12.4. The first kappa shape index (κ1) is 12.6. The van der Waals surface area contributed by atoms with E-state index in [9.17, 15) is 0 Å². The zero-order chi connectivity index (χ0) is 12.3. The van der Waals surface area contributed by atoms with Crippen LogP contribution >= 0.6 is 22.6 Å². The molecule has 0 aliphatic heterocycles. The van der Waals surface area contributed by atoms with Crippen LogP contribution in [0.2, 0.25) is 0 Å². The summed E-state index contributed by atoms with van der Waals surface area (Å²) in [6.45, 7) is 2.16. The van der Waals surface area contributed by atoms with Crippen LogP contribution < -0.4 is 5.73 Å². The summed E-state index contributed by atoms with van der Waals surface area (Å²) in [5.74, 6) is 0. The monoisotopic (exact) mass is 337 g/mol. The lowest BCUT2D eigenvalue weighted by atomic mass is 9.97. The van der Waals surface area contributed by atoms with Crippen molar-refractivity contribution in [1.29, 1.82) is 0 Å². The van der Waals surface area contributed by atoms with Crippen LogP contribution in [0, 0.1) is 3.57 Å². The Kier molecular flexibility index (Phi) is 4.18. The molecule has 0 saturated heterocycles. The molecule has 2 heteroatoms. The van der Waals surface area contributed by atoms with E-state index < -0.39 is 0 Å². The van der Waals surface area contributed by atoms with Crippen LogP contribution in [-0.4, -0.2) is 0 Å². The molecule has 1 atom stereocenters. The van der Waals surface area contributed by atoms with Gasteiger partial charge in [-0.3, -0.25) is 0 Å². The van der Waals surface area contributed by atoms with Gasteiger partial charge in [0.1, 0.15) is 0 Å². The van der Waals surface area contributed by atoms with E-state index in [2.05, 4.69) is 65.9 Å². The highest BCUT2D eigenvalue weighted by atomic mass is 127. The highest BCUT2D eigenvalue weighted by Crippen LogP contribution is 2.24. The zero-order valence-electron chi connectivity index (χ0n) is 9.86. The molecule has 0 aromatic heterocycles. The van der Waals surface area contributed by atoms with Gasteiger partial charge in [-0.05, 0) is 51.8 Å². The van der Waals surface area contributed by atoms with Gasteiger partial charge >= 0.3 is 0 Å². The number of hydrogen-bond acceptors (Lipinski definition) is 1. The molecule has 1 unspecified atom stereocenters. The van der Waals surface area contributed by atoms with Gasteiger partial charge in [-0.2, -0.15) is 0 Å². The van der Waals surface area contributed by atoms with E-state index in [0.717, 1.165) is 6.42 Å². The Morgan fingerprint density at radius 1 is 1.12 bits per heavy atom. The number of halogens is 1. The summed E-state index contributed by atoms with van der Waals surface area (Å²) >= 11 is 2.34. The summed E-state index contributed by atoms with van der Waals surface area (Å²) in [4.78, 5) is 0. The lowest BCUT2D eigenvalue weighted by Gasteiger charge is -2.15. The molecule has 0 heterocycles. The van der Waals surface area contributed by atoms with E-state index in [0.29, 0.717) is 0 Å². The molecule has 17 heavy (non-hydrogen) atoms. The van der Waals surface area contributed by atoms with Crippen LogP contribution in [0.4, 0.5) is 0 Å². The molecule has 2 aromatic carbocycles. The van der Waals surface area contributed by atoms with E-state index in [-0.39, 0.29) is 6.04 Å². The number of benzene rings is 2. The van der Waals surface area contributed by atoms with Crippen molar-refractivity contribution in [2.24, 2.45) is 5.73 Å². The van der Waals surface area contributed by atoms with Gasteiger partial charge in [0, 0.05) is 3.57 Å². The minimum Gasteiger partial charge on any atom is -0.320 e. The number of hydrogen-bond donors (Lipinski definition) is 1. The minimum atomic E-state index is -0.0328. The summed E-state index contributed by atoms with van der Waals surface area (Å²) in [7, 11) is 0. The Bertz CT molecular complexity index is 508. The largest absolute Gasteiger partial charge is 0.320 e. The fourth-order valence-corrected chi connectivity index (χ4v) is 2.64. The van der Waals surface area contributed by atoms with Crippen molar-refractivity contribution in [1.82, 2.24) is 0 Å². The highest BCUT2D eigenvalue weighted by molar-refractivity contribution is 14.1. The van der Waals surface area contributed by atoms with Crippen molar-refractivity contribution < 1.29 is 0 Å². The summed E-state index contributed by atoms with van der Waals surface area (Å²) in [6, 6.07) is 16.8. The molecule has 0 bridgehead atoms. The molecule has 0 aliphatic carbocycles. The third-order valence-corrected chi connectivity index (χ3v) is 3.94. The van der Waals surface area contributed by atoms with Crippen molar-refractivity contribution in [3.8, 4) is 0 Å². The van der Waals surface area contributed by atoms with E-state index in [1.807, 2.05) is 12.1 Å². The van der Waals surface area contributed by atoms with Gasteiger partial charge in [-0.15, -0.1) is 0 Å². The topological polar surface area (TPSA) is 26.0 Å². The lowest BCUT2D eigenvalue weighted by Crippen LogP contribution is -2.13. The average molecular weight is 337 g/mol. The number of aryl methyl sites for hydroxylation is 1. The molecule has 2 N–H and O–H groups in total. The SMILES string of the molecule is CCc1cccc(C(N)c2ccccc2I)c1. The quantitative estimate of drug-likeness (QED) is 0.845. The number of nitrogens with two attached hydrogens (primary N) is 1. The van der Waals surface area contributed by atoms with Gasteiger partial charge < -0.3 is 5.73 Å². The maximum absolute atomic E-state index is 6.34. The smallest absolute Gasteiger partial charge is 0.0562 e. The second-order valence-electron chi connectivity index (χ2n) is 4.10. The second-order valence-corrected chi connectivity index (χ2v) is 5.26. The van der Waals surface area contributed by atoms with E-state index in [1.54, 1.807) is 0 Å². The van der Waals surface area contributed by atoms with Crippen LogP contribution in [0.5, 0.6) is 0 Å². The predicted octanol–water partition coefficient (Wildman–Crippen LogP) is 3.90. The van der Waals surface area contributed by atoms with Gasteiger partial charge in [0.15, 0.2) is 0 Å². The summed E-state index contributed by atoms with van der Waals surface area (Å²) < 4.78 is 1.22. The molecule has 2 rings (SSSR count). The van der Waals surface area contributed by atoms with E-state index in [4.69, 9.17) is 5.73 Å². The van der Waals surface area contributed by atoms with E-state index >= 15 is 0 Å². The maximum Gasteiger partial charge on any atom is 0.0562 e. The molecule has 0 aliphatic rings. The van der Waals surface area contributed by atoms with Crippen molar-refractivity contribution >= 4 is 22.6 Å². The Morgan fingerprint density at radius 2 is 1.88 bits per heavy atom. The summed E-state index contributed by atoms with van der Waals surface area (Å²) in [6.07, 6.45) is 1.05. The first-order chi connectivity index (χ1) is 8.22. The van der Waals surface area contributed by atoms with Gasteiger partial charge in [0.2, 0.25) is 0 Å². The molecule has 0 radical (unpaired) electrons. The predicted molar refractivity (Wildman–Crippen MR) is 81.0 cm³/mol. The second kappa shape index (κ2) is 5.65. The van der Waals surface area contributed by atoms with Gasteiger partial charge in [0.25, 0.3) is 0 Å². The third kappa shape index (κ3) is 2.87. The van der Waals surface area contributed by atoms with Crippen LogP contribution in [0.3, 0.4) is 0 Å². The van der Waals surface area contributed by atoms with Crippen LogP contribution in [0.15, 0.2) is 48.5 Å². The standard InChI is InChI=1S/C15H16IN/c1-2-11-6-5-7-12(10-11)15(17)13-8-3-4-9-14(13)16/h3-10,15H,2,17H2,1H3. The Labute approximate surface area is 116 Å². The first-order valence-corrected chi connectivity index (χ1v) is 6.89. The molecule has 2 aromatic rings. The molecular formula is C15H16IN. The molecular weight excluding hydrogens is 321 g/mol. The Balaban J connectivity index is 2.37. The molecule has 0 amide bonds. The lowest BCUT2D eigenvalue weighted by molar-refractivity contribution is 0.861. The van der Waals surface area contributed by atoms with Crippen molar-refractivity contribution in [2.75, 3.05) is 0 Å². The van der Waals surface area contributed by atoms with Crippen LogP contribution in [-0.2, 0) is 6.42 Å². The molecule has 0 fully saturated rings. The van der Waals surface area contributed by atoms with Gasteiger partial charge in [-0.25, -0.2) is 0 Å². The van der Waals surface area contributed by atoms with Crippen molar-refractivity contribution in [2.45, 2.75) is 19.4 Å². The Hall–Kier alpha value is -0.870. The molecule has 0 spiro atoms. The molecule has 1 nitrogen and oxygen atoms in total. The maximum atomic E-state index is 6.34. The van der Waals surface area contributed by atoms with Crippen molar-refractivity contribution in [3.05, 3.63) is 68.8 Å². The van der Waals surface area contributed by atoms with Gasteiger partial charge in [0.05, 0.1) is 6.04 Å². The fourth-order valence-electron chi connectivity index (χ4n) is 1.91. The summed E-state index contributed by atoms with van der Waals surface area (Å²) in [5, 5.41) is 0. The minimum absolute atomic E-state index is 0.0328. The number of rotatable bonds is 3. The first-order valence-electron chi connectivity index (χ1n) is 5.81. The fraction of sp³-hybridized carbons (Fsp3) is 0.200. The average Bonchev–Trinajstić information content (AvgIpc) is 2.38. The highest BCUT2D eigenvalue weighted by Gasteiger charge is 2.11. The van der Waals surface area contributed by atoms with Gasteiger partial charge in [-0.1, -0.05) is 49.4 Å². The van der Waals surface area contributed by atoms with E-state index in [1.165, 1.54) is 20.3 Å². The third-order valence-electron chi connectivity index (χ3n) is 2.96. The summed E-state index contributed by atoms with van der Waals surface area (Å²) in [5.41, 5.74) is 10.1. The molecule has 0 saturated carbocycles. The Morgan fingerprint density at radius 3 is 2.59 bits per heavy atom. The van der Waals surface area contributed by atoms with Crippen LogP contribution in [0.25, 0.3) is 0 Å². The zero-order valence-corrected chi connectivity index (χ0v) is 12.0. The molecule has 88 valence electrons. The van der Waals surface area contributed by atoms with Crippen molar-refractivity contribution in [3.63, 3.8) is 0 Å².